The SMILES string of the molecule is CCC/C(C)=C\C=CN(C)C. The lowest BCUT2D eigenvalue weighted by atomic mass is 10.2. The number of allylic oxidation sites excluding steroid dienone is 3. The second-order valence-corrected chi connectivity index (χ2v) is 3.07. The highest BCUT2D eigenvalue weighted by Crippen LogP contribution is 2.02. The summed E-state index contributed by atoms with van der Waals surface area (Å²) in [5.74, 6) is 0. The smallest absolute Gasteiger partial charge is 0.00556 e. The lowest BCUT2D eigenvalue weighted by Gasteiger charge is -2.01. The number of hydrogen-bond acceptors (Lipinski definition) is 1. The minimum Gasteiger partial charge on any atom is -0.383 e. The van der Waals surface area contributed by atoms with Gasteiger partial charge in [0.05, 0.1) is 0 Å². The van der Waals surface area contributed by atoms with Crippen LogP contribution in [0, 0.1) is 0 Å². The third kappa shape index (κ3) is 7.17. The molecule has 0 fully saturated rings. The Kier molecular flexibility index (Phi) is 5.63. The first kappa shape index (κ1) is 10.3. The molecule has 0 amide bonds. The van der Waals surface area contributed by atoms with Gasteiger partial charge in [0.25, 0.3) is 0 Å². The molecule has 11 heavy (non-hydrogen) atoms. The minimum absolute atomic E-state index is 1.21. The molecule has 0 aliphatic heterocycles. The van der Waals surface area contributed by atoms with Crippen molar-refractivity contribution < 1.29 is 0 Å². The fourth-order valence-electron chi connectivity index (χ4n) is 0.857. The third-order valence-corrected chi connectivity index (χ3v) is 1.41. The highest BCUT2D eigenvalue weighted by Gasteiger charge is 1.82. The summed E-state index contributed by atoms with van der Waals surface area (Å²) < 4.78 is 0. The van der Waals surface area contributed by atoms with Gasteiger partial charge in [0.15, 0.2) is 0 Å². The number of hydrogen-bond donors (Lipinski definition) is 0. The van der Waals surface area contributed by atoms with Crippen molar-refractivity contribution in [1.82, 2.24) is 4.90 Å². The van der Waals surface area contributed by atoms with Crippen LogP contribution in [0.25, 0.3) is 0 Å². The average molecular weight is 153 g/mol. The summed E-state index contributed by atoms with van der Waals surface area (Å²) in [6.45, 7) is 4.37. The largest absolute Gasteiger partial charge is 0.383 e. The molecule has 0 aliphatic carbocycles. The Bertz CT molecular complexity index is 143. The monoisotopic (exact) mass is 153 g/mol. The Labute approximate surface area is 70.4 Å². The molecule has 0 heterocycles. The molecule has 0 radical (unpaired) electrons. The molecule has 0 aliphatic rings. The van der Waals surface area contributed by atoms with Crippen molar-refractivity contribution in [1.29, 1.82) is 0 Å². The molecule has 0 saturated heterocycles. The van der Waals surface area contributed by atoms with Crippen LogP contribution in [0.1, 0.15) is 26.7 Å². The molecule has 64 valence electrons. The minimum atomic E-state index is 1.21. The van der Waals surface area contributed by atoms with Crippen LogP contribution in [0.15, 0.2) is 23.9 Å². The fraction of sp³-hybridized carbons (Fsp3) is 0.600. The van der Waals surface area contributed by atoms with Gasteiger partial charge in [-0.1, -0.05) is 25.0 Å². The first-order valence-electron chi connectivity index (χ1n) is 4.17. The second-order valence-electron chi connectivity index (χ2n) is 3.07. The zero-order valence-electron chi connectivity index (χ0n) is 8.09. The molecule has 0 aromatic rings. The van der Waals surface area contributed by atoms with Crippen molar-refractivity contribution in [3.63, 3.8) is 0 Å². The predicted molar refractivity (Wildman–Crippen MR) is 51.5 cm³/mol. The Morgan fingerprint density at radius 1 is 1.36 bits per heavy atom. The molecule has 0 unspecified atom stereocenters. The van der Waals surface area contributed by atoms with E-state index < -0.39 is 0 Å². The lowest BCUT2D eigenvalue weighted by molar-refractivity contribution is 0.564. The number of nitrogens with zero attached hydrogens (tertiary/aromatic N) is 1. The third-order valence-electron chi connectivity index (χ3n) is 1.41. The van der Waals surface area contributed by atoms with Gasteiger partial charge in [-0.05, 0) is 25.6 Å². The molecular weight excluding hydrogens is 134 g/mol. The molecule has 0 aromatic carbocycles. The van der Waals surface area contributed by atoms with Crippen molar-refractivity contribution in [2.75, 3.05) is 14.1 Å². The van der Waals surface area contributed by atoms with E-state index in [1.807, 2.05) is 19.0 Å². The number of rotatable bonds is 4. The molecule has 1 heteroatoms. The van der Waals surface area contributed by atoms with Gasteiger partial charge in [-0.15, -0.1) is 0 Å². The summed E-state index contributed by atoms with van der Waals surface area (Å²) in [7, 11) is 4.05. The Morgan fingerprint density at radius 2 is 2.00 bits per heavy atom. The summed E-state index contributed by atoms with van der Waals surface area (Å²) in [4.78, 5) is 2.04. The van der Waals surface area contributed by atoms with Crippen LogP contribution in [0.2, 0.25) is 0 Å². The Morgan fingerprint density at radius 3 is 2.45 bits per heavy atom. The lowest BCUT2D eigenvalue weighted by Crippen LogP contribution is -1.99. The van der Waals surface area contributed by atoms with Crippen LogP contribution in [0.5, 0.6) is 0 Å². The maximum Gasteiger partial charge on any atom is 0.00556 e. The van der Waals surface area contributed by atoms with E-state index in [0.717, 1.165) is 0 Å². The zero-order chi connectivity index (χ0) is 8.69. The maximum absolute atomic E-state index is 2.20. The van der Waals surface area contributed by atoms with Crippen LogP contribution in [-0.4, -0.2) is 19.0 Å². The van der Waals surface area contributed by atoms with Crippen molar-refractivity contribution in [3.05, 3.63) is 23.9 Å². The van der Waals surface area contributed by atoms with Gasteiger partial charge in [0, 0.05) is 14.1 Å². The highest BCUT2D eigenvalue weighted by molar-refractivity contribution is 5.09. The highest BCUT2D eigenvalue weighted by atomic mass is 15.0. The molecule has 0 N–H and O–H groups in total. The molecule has 0 aromatic heterocycles. The quantitative estimate of drug-likeness (QED) is 0.561. The van der Waals surface area contributed by atoms with Gasteiger partial charge >= 0.3 is 0 Å². The summed E-state index contributed by atoms with van der Waals surface area (Å²) in [5.41, 5.74) is 1.45. The Balaban J connectivity index is 3.71. The second kappa shape index (κ2) is 6.02. The Hall–Kier alpha value is -0.720. The molecular formula is C10H19N. The average Bonchev–Trinajstić information content (AvgIpc) is 1.87. The van der Waals surface area contributed by atoms with Gasteiger partial charge in [0.1, 0.15) is 0 Å². The topological polar surface area (TPSA) is 3.24 Å². The maximum atomic E-state index is 2.20. The molecule has 0 bridgehead atoms. The van der Waals surface area contributed by atoms with E-state index in [1.165, 1.54) is 18.4 Å². The molecule has 1 nitrogen and oxygen atoms in total. The first-order valence-corrected chi connectivity index (χ1v) is 4.17. The van der Waals surface area contributed by atoms with E-state index in [-0.39, 0.29) is 0 Å². The first-order chi connectivity index (χ1) is 5.16. The van der Waals surface area contributed by atoms with Gasteiger partial charge in [0.2, 0.25) is 0 Å². The van der Waals surface area contributed by atoms with Crippen molar-refractivity contribution >= 4 is 0 Å². The van der Waals surface area contributed by atoms with Crippen LogP contribution in [0.4, 0.5) is 0 Å². The molecule has 0 saturated carbocycles. The summed E-state index contributed by atoms with van der Waals surface area (Å²) >= 11 is 0. The predicted octanol–water partition coefficient (Wildman–Crippen LogP) is 2.81. The van der Waals surface area contributed by atoms with Crippen LogP contribution in [0.3, 0.4) is 0 Å². The van der Waals surface area contributed by atoms with Gasteiger partial charge in [-0.25, -0.2) is 0 Å². The van der Waals surface area contributed by atoms with Crippen LogP contribution in [-0.2, 0) is 0 Å². The zero-order valence-corrected chi connectivity index (χ0v) is 8.09. The van der Waals surface area contributed by atoms with Gasteiger partial charge < -0.3 is 4.90 Å². The molecule has 0 spiro atoms. The summed E-state index contributed by atoms with van der Waals surface area (Å²) in [6, 6.07) is 0. The van der Waals surface area contributed by atoms with E-state index in [9.17, 15) is 0 Å². The van der Waals surface area contributed by atoms with E-state index in [2.05, 4.69) is 32.2 Å². The van der Waals surface area contributed by atoms with Crippen molar-refractivity contribution in [3.8, 4) is 0 Å². The fourth-order valence-corrected chi connectivity index (χ4v) is 0.857. The van der Waals surface area contributed by atoms with Gasteiger partial charge in [-0.2, -0.15) is 0 Å². The standard InChI is InChI=1S/C10H19N/c1-5-7-10(2)8-6-9-11(3)4/h6,8-9H,5,7H2,1-4H3/b9-6?,10-8-. The molecule has 0 atom stereocenters. The van der Waals surface area contributed by atoms with Crippen molar-refractivity contribution in [2.45, 2.75) is 26.7 Å². The normalized spacial score (nSPS) is 12.5. The van der Waals surface area contributed by atoms with Crippen LogP contribution < -0.4 is 0 Å². The van der Waals surface area contributed by atoms with E-state index in [1.54, 1.807) is 0 Å². The molecule has 0 rings (SSSR count). The van der Waals surface area contributed by atoms with E-state index in [0.29, 0.717) is 0 Å². The van der Waals surface area contributed by atoms with Crippen LogP contribution >= 0.6 is 0 Å². The van der Waals surface area contributed by atoms with Gasteiger partial charge in [-0.3, -0.25) is 0 Å². The summed E-state index contributed by atoms with van der Waals surface area (Å²) in [6.07, 6.45) is 8.75. The van der Waals surface area contributed by atoms with Crippen molar-refractivity contribution in [2.24, 2.45) is 0 Å². The van der Waals surface area contributed by atoms with E-state index >= 15 is 0 Å². The summed E-state index contributed by atoms with van der Waals surface area (Å²) in [5, 5.41) is 0. The van der Waals surface area contributed by atoms with E-state index in [4.69, 9.17) is 0 Å².